The first-order valence-corrected chi connectivity index (χ1v) is 6.51. The van der Waals surface area contributed by atoms with Crippen LogP contribution in [0.2, 0.25) is 0 Å². The van der Waals surface area contributed by atoms with E-state index in [0.717, 1.165) is 0 Å². The van der Waals surface area contributed by atoms with Crippen LogP contribution in [0.4, 0.5) is 0 Å². The normalized spacial score (nSPS) is 17.7. The Hall–Kier alpha value is -1.61. The molecule has 0 unspecified atom stereocenters. The number of hydrogen-bond acceptors (Lipinski definition) is 0. The second-order valence-electron chi connectivity index (χ2n) is 3.67. The highest BCUT2D eigenvalue weighted by molar-refractivity contribution is 14.1. The van der Waals surface area contributed by atoms with E-state index in [2.05, 4.69) is 0 Å². The number of halogens is 1. The van der Waals surface area contributed by atoms with Crippen LogP contribution in [0, 0.1) is 3.57 Å². The highest BCUT2D eigenvalue weighted by atomic mass is 127. The molecule has 0 aromatic heterocycles. The fourth-order valence-electron chi connectivity index (χ4n) is 1.69. The van der Waals surface area contributed by atoms with Crippen molar-refractivity contribution in [2.45, 2.75) is 0 Å². The first-order chi connectivity index (χ1) is 13.5. The zero-order valence-electron chi connectivity index (χ0n) is 19.6. The Labute approximate surface area is 141 Å². The molecule has 0 radical (unpaired) electrons. The second-order valence-corrected chi connectivity index (χ2v) is 4.75. The first-order valence-electron chi connectivity index (χ1n) is 10.4. The molecule has 0 nitrogen and oxygen atoms in total. The molecule has 0 bridgehead atoms. The Kier molecular flexibility index (Phi) is 1.59. The molecular weight excluding hydrogens is 343 g/mol. The minimum Gasteiger partial charge on any atom is -0.0622 e. The van der Waals surface area contributed by atoms with E-state index in [4.69, 9.17) is 13.7 Å². The summed E-state index contributed by atoms with van der Waals surface area (Å²) in [7, 11) is 0. The average Bonchev–Trinajstić information content (AvgIpc) is 2.70. The monoisotopic (exact) mass is 366 g/mol. The fraction of sp³-hybridized carbons (Fsp3) is 0. The van der Waals surface area contributed by atoms with Gasteiger partial charge >= 0.3 is 0 Å². The molecule has 1 heteroatoms. The van der Waals surface area contributed by atoms with Crippen LogP contribution in [-0.4, -0.2) is 0 Å². The maximum atomic E-state index is 8.19. The largest absolute Gasteiger partial charge is 0.0629 e. The van der Waals surface area contributed by atoms with Gasteiger partial charge in [-0.05, 0) is 44.8 Å². The highest BCUT2D eigenvalue weighted by Gasteiger charge is 2.08. The minimum absolute atomic E-state index is 0.00498. The zero-order valence-corrected chi connectivity index (χ0v) is 11.8. The van der Waals surface area contributed by atoms with Crippen molar-refractivity contribution < 1.29 is 13.7 Å². The predicted octanol–water partition coefficient (Wildman–Crippen LogP) is 5.63. The summed E-state index contributed by atoms with van der Waals surface area (Å²) in [6.45, 7) is 0. The lowest BCUT2D eigenvalue weighted by Gasteiger charge is -2.10. The molecule has 0 N–H and O–H groups in total. The van der Waals surface area contributed by atoms with Crippen LogP contribution < -0.4 is 0 Å². The smallest absolute Gasteiger partial charge is 0.0622 e. The van der Waals surface area contributed by atoms with Crippen molar-refractivity contribution in [3.8, 4) is 22.3 Å². The van der Waals surface area contributed by atoms with Crippen molar-refractivity contribution in [1.82, 2.24) is 0 Å². The van der Waals surface area contributed by atoms with Crippen LogP contribution in [0.3, 0.4) is 0 Å². The second kappa shape index (κ2) is 5.57. The van der Waals surface area contributed by atoms with Crippen molar-refractivity contribution in [2.24, 2.45) is 0 Å². The molecule has 0 aliphatic carbocycles. The molecule has 0 atom stereocenters. The van der Waals surface area contributed by atoms with Crippen LogP contribution in [-0.2, 0) is 0 Å². The lowest BCUT2D eigenvalue weighted by atomic mass is 9.99. The average molecular weight is 366 g/mol. The van der Waals surface area contributed by atoms with E-state index < -0.39 is 36.3 Å². The summed E-state index contributed by atoms with van der Waals surface area (Å²) in [5.41, 5.74) is 0.642. The minimum atomic E-state index is -0.500. The molecule has 0 amide bonds. The maximum absolute atomic E-state index is 8.19. The molecule has 0 saturated carbocycles. The summed E-state index contributed by atoms with van der Waals surface area (Å²) >= 11 is 1.91. The summed E-state index contributed by atoms with van der Waals surface area (Å²) < 4.78 is 80.2. The molecule has 0 aliphatic heterocycles. The Balaban J connectivity index is 2.40. The van der Waals surface area contributed by atoms with Crippen LogP contribution in [0.15, 0.2) is 78.6 Å². The van der Waals surface area contributed by atoms with Crippen molar-refractivity contribution in [3.63, 3.8) is 0 Å². The fourth-order valence-corrected chi connectivity index (χ4v) is 2.59. The Morgan fingerprint density at radius 2 is 1.11 bits per heavy atom. The van der Waals surface area contributed by atoms with E-state index in [-0.39, 0.29) is 35.3 Å². The first kappa shape index (κ1) is 5.41. The van der Waals surface area contributed by atoms with E-state index in [1.807, 2.05) is 22.6 Å². The van der Waals surface area contributed by atoms with Crippen molar-refractivity contribution >= 4 is 22.6 Å². The molecule has 92 valence electrons. The molecule has 3 aromatic rings. The van der Waals surface area contributed by atoms with Gasteiger partial charge in [-0.1, -0.05) is 78.6 Å². The molecule has 3 aromatic carbocycles. The predicted molar refractivity (Wildman–Crippen MR) is 90.0 cm³/mol. The third-order valence-corrected chi connectivity index (χ3v) is 3.70. The van der Waals surface area contributed by atoms with Gasteiger partial charge in [0.05, 0.1) is 13.7 Å². The van der Waals surface area contributed by atoms with Gasteiger partial charge in [-0.25, -0.2) is 0 Å². The highest BCUT2D eigenvalue weighted by Crippen LogP contribution is 2.33. The molecule has 0 saturated heterocycles. The van der Waals surface area contributed by atoms with Crippen molar-refractivity contribution in [3.05, 3.63) is 82.2 Å². The Morgan fingerprint density at radius 1 is 0.684 bits per heavy atom. The summed E-state index contributed by atoms with van der Waals surface area (Å²) in [6.07, 6.45) is 0. The summed E-state index contributed by atoms with van der Waals surface area (Å²) in [6, 6.07) is 0.377. The summed E-state index contributed by atoms with van der Waals surface area (Å²) in [5, 5.41) is 0. The van der Waals surface area contributed by atoms with E-state index in [1.165, 1.54) is 0 Å². The third-order valence-electron chi connectivity index (χ3n) is 2.54. The van der Waals surface area contributed by atoms with Crippen LogP contribution in [0.25, 0.3) is 22.3 Å². The zero-order chi connectivity index (χ0) is 21.8. The topological polar surface area (TPSA) is 0 Å². The Morgan fingerprint density at radius 3 is 1.53 bits per heavy atom. The summed E-state index contributed by atoms with van der Waals surface area (Å²) in [4.78, 5) is 0. The van der Waals surface area contributed by atoms with E-state index in [1.54, 1.807) is 18.2 Å². The molecule has 19 heavy (non-hydrogen) atoms. The van der Waals surface area contributed by atoms with E-state index in [9.17, 15) is 0 Å². The third kappa shape index (κ3) is 2.56. The van der Waals surface area contributed by atoms with E-state index in [0.29, 0.717) is 14.7 Å². The van der Waals surface area contributed by atoms with Gasteiger partial charge in [0.25, 0.3) is 0 Å². The van der Waals surface area contributed by atoms with Gasteiger partial charge in [0.2, 0.25) is 0 Å². The standard InChI is InChI=1S/C18H13I/c19-18-16(14-8-3-1-4-9-14)12-7-13-17(18)15-10-5-2-6-11-15/h1-13H/i1D,2D,3D,4D,5D,6D,8D,9D,10D,11D. The van der Waals surface area contributed by atoms with Gasteiger partial charge in [0.1, 0.15) is 0 Å². The molecule has 0 fully saturated rings. The number of rotatable bonds is 2. The van der Waals surface area contributed by atoms with Gasteiger partial charge in [0.15, 0.2) is 0 Å². The summed E-state index contributed by atoms with van der Waals surface area (Å²) in [5.74, 6) is 0. The number of benzene rings is 3. The quantitative estimate of drug-likeness (QED) is 0.516. The Bertz CT molecular complexity index is 1030. The molecule has 0 aliphatic rings. The van der Waals surface area contributed by atoms with Gasteiger partial charge in [-0.3, -0.25) is 0 Å². The van der Waals surface area contributed by atoms with Crippen molar-refractivity contribution in [1.29, 1.82) is 0 Å². The molecule has 3 rings (SSSR count). The SMILES string of the molecule is [2H]c1c([2H])c([2H])c(-c2cccc(-c3c([2H])c([2H])c([2H])c([2H])c3[2H])c2I)c([2H])c1[2H]. The van der Waals surface area contributed by atoms with Gasteiger partial charge in [-0.2, -0.15) is 0 Å². The van der Waals surface area contributed by atoms with Gasteiger partial charge < -0.3 is 0 Å². The molecular formula is C18H13I. The number of hydrogen-bond donors (Lipinski definition) is 0. The van der Waals surface area contributed by atoms with Crippen LogP contribution in [0.5, 0.6) is 0 Å². The van der Waals surface area contributed by atoms with Gasteiger partial charge in [0, 0.05) is 3.57 Å². The van der Waals surface area contributed by atoms with Crippen LogP contribution in [0.1, 0.15) is 13.7 Å². The molecule has 0 spiro atoms. The molecule has 0 heterocycles. The maximum Gasteiger partial charge on any atom is 0.0629 e. The lowest BCUT2D eigenvalue weighted by molar-refractivity contribution is 1.55. The lowest BCUT2D eigenvalue weighted by Crippen LogP contribution is -1.87. The van der Waals surface area contributed by atoms with Crippen molar-refractivity contribution in [2.75, 3.05) is 0 Å². The van der Waals surface area contributed by atoms with Gasteiger partial charge in [-0.15, -0.1) is 0 Å². The van der Waals surface area contributed by atoms with E-state index >= 15 is 0 Å². The van der Waals surface area contributed by atoms with Crippen LogP contribution >= 0.6 is 22.6 Å².